The van der Waals surface area contributed by atoms with Crippen LogP contribution in [0.15, 0.2) is 42.5 Å². The van der Waals surface area contributed by atoms with Crippen molar-refractivity contribution in [3.63, 3.8) is 0 Å². The molecule has 2 aromatic carbocycles. The molecule has 174 valence electrons. The molecule has 0 aliphatic carbocycles. The van der Waals surface area contributed by atoms with Crippen molar-refractivity contribution in [2.45, 2.75) is 19.8 Å². The van der Waals surface area contributed by atoms with E-state index in [1.54, 1.807) is 0 Å². The van der Waals surface area contributed by atoms with E-state index in [9.17, 15) is 9.46 Å². The lowest BCUT2D eigenvalue weighted by atomic mass is 10.1. The Bertz CT molecular complexity index is 780. The summed E-state index contributed by atoms with van der Waals surface area (Å²) in [6.07, 6.45) is 1.59. The van der Waals surface area contributed by atoms with Crippen LogP contribution in [0.25, 0.3) is 10.8 Å². The van der Waals surface area contributed by atoms with Gasteiger partial charge in [-0.25, -0.2) is 4.57 Å². The number of unbranched alkanes of at least 4 members (excludes halogenated alkanes) is 1. The van der Waals surface area contributed by atoms with Crippen LogP contribution in [0.2, 0.25) is 0 Å². The van der Waals surface area contributed by atoms with E-state index >= 15 is 0 Å². The van der Waals surface area contributed by atoms with Gasteiger partial charge in [0.2, 0.25) is 0 Å². The van der Waals surface area contributed by atoms with Crippen LogP contribution >= 0.6 is 7.82 Å². The second-order valence-electron chi connectivity index (χ2n) is 6.65. The van der Waals surface area contributed by atoms with Gasteiger partial charge >= 0.3 is 7.82 Å². The lowest BCUT2D eigenvalue weighted by Crippen LogP contribution is -2.13. The quantitative estimate of drug-likeness (QED) is 0.264. The first-order valence-corrected chi connectivity index (χ1v) is 12.1. The number of phosphoric acid groups is 1. The fourth-order valence-electron chi connectivity index (χ4n) is 2.65. The second kappa shape index (κ2) is 15.3. The predicted octanol–water partition coefficient (Wildman–Crippen LogP) is 4.20. The van der Waals surface area contributed by atoms with Gasteiger partial charge in [-0.15, -0.1) is 0 Å². The zero-order chi connectivity index (χ0) is 22.2. The van der Waals surface area contributed by atoms with Gasteiger partial charge in [-0.3, -0.25) is 9.05 Å². The molecule has 0 radical (unpaired) electrons. The summed E-state index contributed by atoms with van der Waals surface area (Å²) in [7, 11) is -3.97. The normalized spacial score (nSPS) is 13.4. The number of hydrogen-bond donors (Lipinski definition) is 1. The molecule has 0 aliphatic heterocycles. The van der Waals surface area contributed by atoms with E-state index in [2.05, 4.69) is 12.1 Å². The summed E-state index contributed by atoms with van der Waals surface area (Å²) in [5.74, 6) is 0.851. The molecule has 0 spiro atoms. The van der Waals surface area contributed by atoms with Gasteiger partial charge in [0, 0.05) is 5.39 Å². The Morgan fingerprint density at radius 2 is 1.32 bits per heavy atom. The monoisotopic (exact) mass is 456 g/mol. The average molecular weight is 456 g/mol. The first-order chi connectivity index (χ1) is 15.1. The fourth-order valence-corrected chi connectivity index (χ4v) is 3.39. The fraction of sp³-hybridized carbons (Fsp3) is 0.545. The molecule has 0 aliphatic rings. The molecule has 0 aromatic heterocycles. The van der Waals surface area contributed by atoms with Crippen LogP contribution in [0.5, 0.6) is 5.75 Å². The highest BCUT2D eigenvalue weighted by molar-refractivity contribution is 7.47. The Kier molecular flexibility index (Phi) is 12.7. The molecule has 1 atom stereocenters. The zero-order valence-electron chi connectivity index (χ0n) is 18.1. The molecule has 0 fully saturated rings. The van der Waals surface area contributed by atoms with Crippen LogP contribution in [-0.4, -0.2) is 64.4 Å². The molecule has 8 nitrogen and oxygen atoms in total. The van der Waals surface area contributed by atoms with E-state index in [4.69, 9.17) is 28.0 Å². The minimum Gasteiger partial charge on any atom is -0.491 e. The standard InChI is InChI=1S/C22H33O8P/c1-2-3-11-29-31(23,24)30-19-17-27-15-13-25-12-14-26-16-18-28-22-10-6-8-20-7-4-5-9-21(20)22/h4-10H,2-3,11-19H2,1H3,(H,23,24). The van der Waals surface area contributed by atoms with Crippen molar-refractivity contribution >= 4 is 18.6 Å². The summed E-state index contributed by atoms with van der Waals surface area (Å²) >= 11 is 0. The van der Waals surface area contributed by atoms with Gasteiger partial charge in [0.1, 0.15) is 12.4 Å². The number of hydrogen-bond acceptors (Lipinski definition) is 7. The molecule has 9 heteroatoms. The van der Waals surface area contributed by atoms with Gasteiger partial charge in [-0.05, 0) is 17.9 Å². The van der Waals surface area contributed by atoms with Gasteiger partial charge in [0.25, 0.3) is 0 Å². The molecule has 31 heavy (non-hydrogen) atoms. The number of rotatable bonds is 18. The number of phosphoric ester groups is 1. The molecular weight excluding hydrogens is 423 g/mol. The van der Waals surface area contributed by atoms with Gasteiger partial charge in [-0.2, -0.15) is 0 Å². The number of ether oxygens (including phenoxy) is 4. The Morgan fingerprint density at radius 3 is 2.03 bits per heavy atom. The van der Waals surface area contributed by atoms with Crippen LogP contribution in [0, 0.1) is 0 Å². The third-order valence-corrected chi connectivity index (χ3v) is 5.23. The molecule has 1 unspecified atom stereocenters. The van der Waals surface area contributed by atoms with E-state index in [0.717, 1.165) is 22.9 Å². The third kappa shape index (κ3) is 11.1. The largest absolute Gasteiger partial charge is 0.491 e. The summed E-state index contributed by atoms with van der Waals surface area (Å²) in [5.41, 5.74) is 0. The lowest BCUT2D eigenvalue weighted by Gasteiger charge is -2.12. The van der Waals surface area contributed by atoms with Crippen LogP contribution in [-0.2, 0) is 27.8 Å². The van der Waals surface area contributed by atoms with Gasteiger partial charge in [0.05, 0.1) is 52.9 Å². The van der Waals surface area contributed by atoms with Crippen molar-refractivity contribution in [3.8, 4) is 5.75 Å². The van der Waals surface area contributed by atoms with Gasteiger partial charge in [0.15, 0.2) is 0 Å². The Hall–Kier alpha value is -1.51. The molecule has 0 heterocycles. The highest BCUT2D eigenvalue weighted by Gasteiger charge is 2.19. The Balaban J connectivity index is 1.39. The van der Waals surface area contributed by atoms with E-state index in [1.165, 1.54) is 0 Å². The van der Waals surface area contributed by atoms with Gasteiger partial charge in [-0.1, -0.05) is 49.7 Å². The zero-order valence-corrected chi connectivity index (χ0v) is 19.0. The Labute approximate surface area is 184 Å². The average Bonchev–Trinajstić information content (AvgIpc) is 2.77. The SMILES string of the molecule is CCCCOP(=O)(O)OCCOCCOCCOCCOc1cccc2ccccc12. The van der Waals surface area contributed by atoms with Crippen molar-refractivity contribution in [2.75, 3.05) is 59.5 Å². The lowest BCUT2D eigenvalue weighted by molar-refractivity contribution is 0.00284. The highest BCUT2D eigenvalue weighted by atomic mass is 31.2. The van der Waals surface area contributed by atoms with E-state index < -0.39 is 7.82 Å². The van der Waals surface area contributed by atoms with Crippen molar-refractivity contribution < 1.29 is 37.5 Å². The first-order valence-electron chi connectivity index (χ1n) is 10.6. The third-order valence-electron chi connectivity index (χ3n) is 4.21. The first kappa shape index (κ1) is 25.7. The smallest absolute Gasteiger partial charge is 0.472 e. The highest BCUT2D eigenvalue weighted by Crippen LogP contribution is 2.43. The molecule has 2 aromatic rings. The van der Waals surface area contributed by atoms with Crippen molar-refractivity contribution in [3.05, 3.63) is 42.5 Å². The van der Waals surface area contributed by atoms with E-state index in [-0.39, 0.29) is 19.8 Å². The molecule has 0 amide bonds. The maximum atomic E-state index is 11.5. The summed E-state index contributed by atoms with van der Waals surface area (Å²) in [4.78, 5) is 9.42. The predicted molar refractivity (Wildman–Crippen MR) is 119 cm³/mol. The van der Waals surface area contributed by atoms with Crippen LogP contribution in [0.1, 0.15) is 19.8 Å². The Morgan fingerprint density at radius 1 is 0.742 bits per heavy atom. The van der Waals surface area contributed by atoms with E-state index in [0.29, 0.717) is 46.1 Å². The van der Waals surface area contributed by atoms with Crippen LogP contribution in [0.3, 0.4) is 0 Å². The minimum atomic E-state index is -3.97. The molecule has 1 N–H and O–H groups in total. The summed E-state index contributed by atoms with van der Waals surface area (Å²) < 4.78 is 43.1. The topological polar surface area (TPSA) is 92.7 Å². The minimum absolute atomic E-state index is 0.0142. The molecule has 0 saturated heterocycles. The van der Waals surface area contributed by atoms with Crippen molar-refractivity contribution in [1.82, 2.24) is 0 Å². The van der Waals surface area contributed by atoms with Gasteiger partial charge < -0.3 is 23.8 Å². The maximum Gasteiger partial charge on any atom is 0.472 e. The van der Waals surface area contributed by atoms with E-state index in [1.807, 2.05) is 37.3 Å². The van der Waals surface area contributed by atoms with Crippen molar-refractivity contribution in [2.24, 2.45) is 0 Å². The van der Waals surface area contributed by atoms with Crippen LogP contribution in [0.4, 0.5) is 0 Å². The van der Waals surface area contributed by atoms with Crippen LogP contribution < -0.4 is 4.74 Å². The molecular formula is C22H33O8P. The number of benzene rings is 2. The van der Waals surface area contributed by atoms with Crippen molar-refractivity contribution in [1.29, 1.82) is 0 Å². The maximum absolute atomic E-state index is 11.5. The summed E-state index contributed by atoms with van der Waals surface area (Å²) in [5, 5.41) is 2.23. The summed E-state index contributed by atoms with van der Waals surface area (Å²) in [6, 6.07) is 14.1. The molecule has 2 rings (SSSR count). The number of fused-ring (bicyclic) bond motifs is 1. The molecule has 0 bridgehead atoms. The molecule has 0 saturated carbocycles. The summed E-state index contributed by atoms with van der Waals surface area (Å²) in [6.45, 7) is 4.96. The second-order valence-corrected chi connectivity index (χ2v) is 8.10.